The van der Waals surface area contributed by atoms with Crippen molar-refractivity contribution in [1.82, 2.24) is 19.5 Å². The van der Waals surface area contributed by atoms with E-state index in [-0.39, 0.29) is 23.7 Å². The van der Waals surface area contributed by atoms with Gasteiger partial charge in [-0.3, -0.25) is 18.9 Å². The summed E-state index contributed by atoms with van der Waals surface area (Å²) in [6.45, 7) is -0.318. The topological polar surface area (TPSA) is 221 Å². The minimum absolute atomic E-state index is 0.00884. The number of nitrogen functional groups attached to an aromatic ring is 1. The highest BCUT2D eigenvalue weighted by Crippen LogP contribution is 2.44. The fraction of sp³-hybridized carbons (Fsp3) is 0.500. The lowest BCUT2D eigenvalue weighted by atomic mass is 10.1. The van der Waals surface area contributed by atoms with Crippen LogP contribution >= 0.6 is 7.82 Å². The number of imidazole rings is 1. The van der Waals surface area contributed by atoms with E-state index in [2.05, 4.69) is 24.3 Å². The fourth-order valence-corrected chi connectivity index (χ4v) is 3.17. The molecule has 1 aliphatic heterocycles. The van der Waals surface area contributed by atoms with Crippen LogP contribution in [-0.4, -0.2) is 59.3 Å². The number of rotatable bonds is 5. The number of aromatic amines is 1. The summed E-state index contributed by atoms with van der Waals surface area (Å²) >= 11 is 0. The number of nitrogens with two attached hydrogens (primary N) is 2. The third kappa shape index (κ3) is 3.42. The number of nitrogens with zero attached hydrogens (tertiary/aromatic N) is 3. The van der Waals surface area contributed by atoms with Crippen molar-refractivity contribution in [2.45, 2.75) is 24.5 Å². The van der Waals surface area contributed by atoms with Gasteiger partial charge in [0, 0.05) is 0 Å². The molecule has 0 spiro atoms. The van der Waals surface area contributed by atoms with Gasteiger partial charge in [-0.25, -0.2) is 15.4 Å². The van der Waals surface area contributed by atoms with Gasteiger partial charge in [-0.05, 0) is 0 Å². The molecule has 2 aromatic heterocycles. The molecule has 3 rings (SSSR count). The van der Waals surface area contributed by atoms with Gasteiger partial charge < -0.3 is 30.2 Å². The van der Waals surface area contributed by atoms with Gasteiger partial charge in [0.25, 0.3) is 5.56 Å². The van der Waals surface area contributed by atoms with E-state index in [1.165, 1.54) is 10.9 Å². The predicted octanol–water partition coefficient (Wildman–Crippen LogP) is -2.67. The Morgan fingerprint density at radius 3 is 2.84 bits per heavy atom. The second kappa shape index (κ2) is 6.44. The lowest BCUT2D eigenvalue weighted by molar-refractivity contribution is -0.0656. The smallest absolute Gasteiger partial charge is 0.386 e. The summed E-state index contributed by atoms with van der Waals surface area (Å²) in [6.07, 6.45) is -4.16. The molecule has 1 aliphatic rings. The summed E-state index contributed by atoms with van der Waals surface area (Å²) < 4.78 is 22.4. The molecule has 15 heteroatoms. The Kier molecular flexibility index (Phi) is 4.61. The van der Waals surface area contributed by atoms with Crippen LogP contribution in [0.4, 0.5) is 5.95 Å². The van der Waals surface area contributed by atoms with Crippen LogP contribution in [0.2, 0.25) is 0 Å². The molecule has 2 aromatic rings. The number of ether oxygens (including phenoxy) is 1. The molecule has 1 fully saturated rings. The first kappa shape index (κ1) is 17.9. The summed E-state index contributed by atoms with van der Waals surface area (Å²) in [4.78, 5) is 44.3. The minimum Gasteiger partial charge on any atom is -0.386 e. The largest absolute Gasteiger partial charge is 0.470 e. The Morgan fingerprint density at radius 2 is 2.20 bits per heavy atom. The molecule has 0 saturated carbocycles. The number of phosphoric ester groups is 1. The minimum atomic E-state index is -4.93. The molecule has 0 amide bonds. The van der Waals surface area contributed by atoms with Crippen LogP contribution in [0.15, 0.2) is 11.1 Å². The molecule has 138 valence electrons. The SMILES string of the molecule is NOC[C@H]1O[C@@H](n2cnc3c(=O)[nH]c(N)nc32)[C@H](O)[C@@H]1OP(=O)(O)O. The second-order valence-corrected chi connectivity index (χ2v) is 6.42. The number of hydrogen-bond acceptors (Lipinski definition) is 10. The maximum Gasteiger partial charge on any atom is 0.470 e. The normalized spacial score (nSPS) is 27.2. The highest BCUT2D eigenvalue weighted by Gasteiger charge is 2.48. The standard InChI is InChI=1S/C10H15N6O8P/c11-10-14-7-4(8(18)15-10)13-2-16(7)9-5(17)6(24-25(19,20)21)3(23-9)1-22-12/h2-3,5-6,9,17H,1,12H2,(H2,19,20,21)(H3,11,14,15,18)/t3-,5-,6-,9-/m1/s1. The van der Waals surface area contributed by atoms with Crippen molar-refractivity contribution < 1.29 is 33.6 Å². The third-order valence-electron chi connectivity index (χ3n) is 3.55. The Hall–Kier alpha value is -1.90. The van der Waals surface area contributed by atoms with Crippen LogP contribution in [0.3, 0.4) is 0 Å². The predicted molar refractivity (Wildman–Crippen MR) is 79.5 cm³/mol. The van der Waals surface area contributed by atoms with E-state index in [0.29, 0.717) is 0 Å². The molecule has 0 radical (unpaired) electrons. The van der Waals surface area contributed by atoms with Gasteiger partial charge in [-0.2, -0.15) is 4.98 Å². The fourth-order valence-electron chi connectivity index (χ4n) is 2.60. The molecule has 8 N–H and O–H groups in total. The van der Waals surface area contributed by atoms with Crippen molar-refractivity contribution in [1.29, 1.82) is 0 Å². The Morgan fingerprint density at radius 1 is 1.48 bits per heavy atom. The number of nitrogens with one attached hydrogen (secondary N) is 1. The first-order valence-corrected chi connectivity index (χ1v) is 8.36. The Balaban J connectivity index is 2.00. The van der Waals surface area contributed by atoms with E-state index < -0.39 is 37.9 Å². The zero-order valence-corrected chi connectivity index (χ0v) is 13.3. The lowest BCUT2D eigenvalue weighted by Gasteiger charge is -2.20. The lowest BCUT2D eigenvalue weighted by Crippen LogP contribution is -2.36. The molecule has 0 unspecified atom stereocenters. The van der Waals surface area contributed by atoms with Crippen molar-refractivity contribution >= 4 is 24.9 Å². The van der Waals surface area contributed by atoms with Gasteiger partial charge in [0.2, 0.25) is 5.95 Å². The van der Waals surface area contributed by atoms with E-state index in [0.717, 1.165) is 0 Å². The van der Waals surface area contributed by atoms with E-state index in [1.807, 2.05) is 0 Å². The van der Waals surface area contributed by atoms with Gasteiger partial charge in [0.15, 0.2) is 17.4 Å². The van der Waals surface area contributed by atoms with Crippen LogP contribution in [0, 0.1) is 0 Å². The summed E-state index contributed by atoms with van der Waals surface area (Å²) in [5, 5.41) is 10.4. The monoisotopic (exact) mass is 378 g/mol. The zero-order valence-electron chi connectivity index (χ0n) is 12.4. The van der Waals surface area contributed by atoms with Crippen LogP contribution in [0.1, 0.15) is 6.23 Å². The van der Waals surface area contributed by atoms with Gasteiger partial charge in [-0.15, -0.1) is 0 Å². The molecular formula is C10H15N6O8P. The number of aliphatic hydroxyl groups excluding tert-OH is 1. The number of H-pyrrole nitrogens is 1. The molecule has 1 saturated heterocycles. The molecular weight excluding hydrogens is 363 g/mol. The van der Waals surface area contributed by atoms with E-state index in [4.69, 9.17) is 26.2 Å². The molecule has 25 heavy (non-hydrogen) atoms. The van der Waals surface area contributed by atoms with Crippen molar-refractivity contribution in [3.63, 3.8) is 0 Å². The Bertz CT molecular complexity index is 878. The Labute approximate surface area is 138 Å². The van der Waals surface area contributed by atoms with Gasteiger partial charge in [-0.1, -0.05) is 0 Å². The van der Waals surface area contributed by atoms with Crippen LogP contribution in [0.25, 0.3) is 11.2 Å². The van der Waals surface area contributed by atoms with Crippen molar-refractivity contribution in [2.75, 3.05) is 12.3 Å². The summed E-state index contributed by atoms with van der Waals surface area (Å²) in [5.74, 6) is 4.79. The second-order valence-electron chi connectivity index (χ2n) is 5.22. The van der Waals surface area contributed by atoms with Gasteiger partial charge in [0.05, 0.1) is 12.9 Å². The number of phosphoric acid groups is 1. The van der Waals surface area contributed by atoms with Gasteiger partial charge in [0.1, 0.15) is 18.3 Å². The number of aliphatic hydroxyl groups is 1. The van der Waals surface area contributed by atoms with Crippen LogP contribution in [-0.2, 0) is 18.7 Å². The van der Waals surface area contributed by atoms with Crippen molar-refractivity contribution in [3.05, 3.63) is 16.7 Å². The van der Waals surface area contributed by atoms with Crippen molar-refractivity contribution in [2.24, 2.45) is 5.90 Å². The number of fused-ring (bicyclic) bond motifs is 1. The first-order valence-electron chi connectivity index (χ1n) is 6.82. The molecule has 0 aliphatic carbocycles. The average Bonchev–Trinajstić information content (AvgIpc) is 3.02. The van der Waals surface area contributed by atoms with Gasteiger partial charge >= 0.3 is 7.82 Å². The maximum atomic E-state index is 11.8. The molecule has 3 heterocycles. The molecule has 0 bridgehead atoms. The van der Waals surface area contributed by atoms with E-state index >= 15 is 0 Å². The van der Waals surface area contributed by atoms with Crippen molar-refractivity contribution in [3.8, 4) is 0 Å². The zero-order chi connectivity index (χ0) is 18.4. The number of aromatic nitrogens is 4. The summed E-state index contributed by atoms with van der Waals surface area (Å²) in [6, 6.07) is 0. The summed E-state index contributed by atoms with van der Waals surface area (Å²) in [5.41, 5.74) is 4.85. The highest BCUT2D eigenvalue weighted by molar-refractivity contribution is 7.46. The average molecular weight is 378 g/mol. The van der Waals surface area contributed by atoms with E-state index in [1.54, 1.807) is 0 Å². The molecule has 14 nitrogen and oxygen atoms in total. The maximum absolute atomic E-state index is 11.8. The summed E-state index contributed by atoms with van der Waals surface area (Å²) in [7, 11) is -4.93. The van der Waals surface area contributed by atoms with E-state index in [9.17, 15) is 14.5 Å². The number of hydrogen-bond donors (Lipinski definition) is 6. The number of anilines is 1. The first-order chi connectivity index (χ1) is 11.7. The molecule has 4 atom stereocenters. The highest BCUT2D eigenvalue weighted by atomic mass is 31.2. The third-order valence-corrected chi connectivity index (χ3v) is 4.07. The molecule has 0 aromatic carbocycles. The van der Waals surface area contributed by atoms with Crippen LogP contribution in [0.5, 0.6) is 0 Å². The quantitative estimate of drug-likeness (QED) is 0.231. The van der Waals surface area contributed by atoms with Crippen LogP contribution < -0.4 is 17.2 Å².